The number of sulfonamides is 1. The first-order chi connectivity index (χ1) is 16.4. The summed E-state index contributed by atoms with van der Waals surface area (Å²) in [7, 11) is -2.47. The van der Waals surface area contributed by atoms with Crippen LogP contribution in [0.25, 0.3) is 5.82 Å². The van der Waals surface area contributed by atoms with Gasteiger partial charge in [0.15, 0.2) is 5.82 Å². The molecule has 9 nitrogen and oxygen atoms in total. The first-order valence-corrected chi connectivity index (χ1v) is 12.1. The highest BCUT2D eigenvalue weighted by molar-refractivity contribution is 7.93. The summed E-state index contributed by atoms with van der Waals surface area (Å²) in [6, 6.07) is 15.3. The quantitative estimate of drug-likeness (QED) is 0.384. The van der Waals surface area contributed by atoms with Gasteiger partial charge in [0.05, 0.1) is 18.5 Å². The van der Waals surface area contributed by atoms with Crippen LogP contribution < -0.4 is 14.6 Å². The third kappa shape index (κ3) is 4.94. The predicted molar refractivity (Wildman–Crippen MR) is 136 cm³/mol. The van der Waals surface area contributed by atoms with Gasteiger partial charge >= 0.3 is 0 Å². The molecule has 0 saturated carbocycles. The van der Waals surface area contributed by atoms with Gasteiger partial charge in [0, 0.05) is 36.6 Å². The molecule has 4 rings (SSSR count). The summed E-state index contributed by atoms with van der Waals surface area (Å²) < 4.78 is 35.1. The van der Waals surface area contributed by atoms with Gasteiger partial charge in [-0.1, -0.05) is 18.2 Å². The normalized spacial score (nSPS) is 11.1. The van der Waals surface area contributed by atoms with Crippen LogP contribution >= 0.6 is 12.4 Å². The van der Waals surface area contributed by atoms with Crippen molar-refractivity contribution < 1.29 is 13.2 Å². The van der Waals surface area contributed by atoms with Crippen LogP contribution in [-0.2, 0) is 16.4 Å². The lowest BCUT2D eigenvalue weighted by atomic mass is 10.1. The Morgan fingerprint density at radius 2 is 1.71 bits per heavy atom. The van der Waals surface area contributed by atoms with Gasteiger partial charge in [-0.05, 0) is 50.2 Å². The third-order valence-corrected chi connectivity index (χ3v) is 7.39. The molecule has 184 valence electrons. The third-order valence-electron chi connectivity index (χ3n) is 5.47. The molecule has 35 heavy (non-hydrogen) atoms. The van der Waals surface area contributed by atoms with Crippen LogP contribution in [-0.4, -0.2) is 41.8 Å². The summed E-state index contributed by atoms with van der Waals surface area (Å²) >= 11 is 0. The topological polar surface area (TPSA) is 110 Å². The monoisotopic (exact) mass is 515 g/mol. The SMILES string of the molecule is CCN(c1ccccc1)S(=O)(=O)c1cccnc1-n1[nH]c(C)c(Cc2ncccc2OC)c1=O.Cl. The number of nitrogens with zero attached hydrogens (tertiary/aromatic N) is 4. The molecular weight excluding hydrogens is 490 g/mol. The zero-order chi connectivity index (χ0) is 24.3. The van der Waals surface area contributed by atoms with E-state index in [4.69, 9.17) is 4.74 Å². The summed E-state index contributed by atoms with van der Waals surface area (Å²) in [5, 5.41) is 2.99. The molecule has 0 radical (unpaired) electrons. The number of anilines is 1. The van der Waals surface area contributed by atoms with Gasteiger partial charge in [0.1, 0.15) is 10.6 Å². The number of pyridine rings is 2. The number of methoxy groups -OCH3 is 1. The lowest BCUT2D eigenvalue weighted by Gasteiger charge is -2.23. The Morgan fingerprint density at radius 1 is 1.03 bits per heavy atom. The lowest BCUT2D eigenvalue weighted by molar-refractivity contribution is 0.408. The molecule has 0 amide bonds. The minimum absolute atomic E-state index is 0. The molecule has 1 aromatic carbocycles. The van der Waals surface area contributed by atoms with Crippen LogP contribution in [0.5, 0.6) is 5.75 Å². The molecule has 0 aliphatic rings. The van der Waals surface area contributed by atoms with E-state index in [0.717, 1.165) is 0 Å². The van der Waals surface area contributed by atoms with Gasteiger partial charge in [0.2, 0.25) is 0 Å². The Labute approximate surface area is 209 Å². The van der Waals surface area contributed by atoms with Crippen LogP contribution in [0.4, 0.5) is 5.69 Å². The Kier molecular flexibility index (Phi) is 7.98. The van der Waals surface area contributed by atoms with Crippen LogP contribution in [0.3, 0.4) is 0 Å². The molecule has 0 bridgehead atoms. The number of para-hydroxylation sites is 1. The zero-order valence-corrected chi connectivity index (χ0v) is 21.1. The van der Waals surface area contributed by atoms with Crippen LogP contribution in [0.15, 0.2) is 76.7 Å². The van der Waals surface area contributed by atoms with Crippen molar-refractivity contribution in [3.8, 4) is 11.6 Å². The van der Waals surface area contributed by atoms with Crippen LogP contribution in [0.1, 0.15) is 23.9 Å². The Bertz CT molecular complexity index is 1470. The number of rotatable bonds is 8. The summed E-state index contributed by atoms with van der Waals surface area (Å²) in [5.74, 6) is 0.570. The fraction of sp³-hybridized carbons (Fsp3) is 0.208. The largest absolute Gasteiger partial charge is 0.495 e. The average molecular weight is 516 g/mol. The second-order valence-electron chi connectivity index (χ2n) is 7.52. The number of aromatic nitrogens is 4. The first-order valence-electron chi connectivity index (χ1n) is 10.7. The smallest absolute Gasteiger partial charge is 0.276 e. The van der Waals surface area contributed by atoms with Crippen molar-refractivity contribution in [3.05, 3.63) is 94.3 Å². The van der Waals surface area contributed by atoms with E-state index in [1.807, 2.05) is 6.07 Å². The summed E-state index contributed by atoms with van der Waals surface area (Å²) in [6.45, 7) is 3.72. The Hall–Kier alpha value is -3.63. The summed E-state index contributed by atoms with van der Waals surface area (Å²) in [5.41, 5.74) is 1.76. The highest BCUT2D eigenvalue weighted by atomic mass is 35.5. The average Bonchev–Trinajstić information content (AvgIpc) is 3.13. The molecule has 0 saturated heterocycles. The van der Waals surface area contributed by atoms with Gasteiger partial charge in [-0.3, -0.25) is 19.2 Å². The molecule has 0 aliphatic heterocycles. The van der Waals surface area contributed by atoms with Gasteiger partial charge in [-0.25, -0.2) is 13.4 Å². The summed E-state index contributed by atoms with van der Waals surface area (Å²) in [4.78, 5) is 21.9. The summed E-state index contributed by atoms with van der Waals surface area (Å²) in [6.07, 6.45) is 3.31. The van der Waals surface area contributed by atoms with E-state index in [1.165, 1.54) is 27.3 Å². The molecule has 0 atom stereocenters. The zero-order valence-electron chi connectivity index (χ0n) is 19.5. The number of ether oxygens (including phenoxy) is 1. The molecule has 0 fully saturated rings. The van der Waals surface area contributed by atoms with Crippen LogP contribution in [0.2, 0.25) is 0 Å². The van der Waals surface area contributed by atoms with E-state index >= 15 is 0 Å². The number of aromatic amines is 1. The highest BCUT2D eigenvalue weighted by Gasteiger charge is 2.29. The lowest BCUT2D eigenvalue weighted by Crippen LogP contribution is -2.32. The van der Waals surface area contributed by atoms with E-state index in [-0.39, 0.29) is 36.1 Å². The second-order valence-corrected chi connectivity index (χ2v) is 9.35. The van der Waals surface area contributed by atoms with Crippen molar-refractivity contribution in [3.63, 3.8) is 0 Å². The maximum absolute atomic E-state index is 13.7. The number of halogens is 1. The molecule has 3 aromatic heterocycles. The van der Waals surface area contributed by atoms with Crippen molar-refractivity contribution in [1.82, 2.24) is 19.7 Å². The fourth-order valence-corrected chi connectivity index (χ4v) is 5.41. The highest BCUT2D eigenvalue weighted by Crippen LogP contribution is 2.26. The van der Waals surface area contributed by atoms with E-state index in [9.17, 15) is 13.2 Å². The van der Waals surface area contributed by atoms with E-state index in [1.54, 1.807) is 63.6 Å². The number of hydrogen-bond acceptors (Lipinski definition) is 6. The van der Waals surface area contributed by atoms with Crippen molar-refractivity contribution in [2.45, 2.75) is 25.2 Å². The van der Waals surface area contributed by atoms with Gasteiger partial charge < -0.3 is 4.74 Å². The van der Waals surface area contributed by atoms with Crippen molar-refractivity contribution in [1.29, 1.82) is 0 Å². The van der Waals surface area contributed by atoms with E-state index in [2.05, 4.69) is 15.1 Å². The predicted octanol–water partition coefficient (Wildman–Crippen LogP) is 3.50. The molecule has 0 aliphatic carbocycles. The molecule has 11 heteroatoms. The number of benzene rings is 1. The Morgan fingerprint density at radius 3 is 2.40 bits per heavy atom. The molecule has 0 unspecified atom stereocenters. The van der Waals surface area contributed by atoms with Crippen LogP contribution in [0, 0.1) is 6.92 Å². The van der Waals surface area contributed by atoms with E-state index in [0.29, 0.717) is 28.4 Å². The maximum atomic E-state index is 13.7. The number of aryl methyl sites for hydroxylation is 1. The molecule has 1 N–H and O–H groups in total. The molecule has 4 aromatic rings. The molecular formula is C24H26ClN5O4S. The number of H-pyrrole nitrogens is 1. The van der Waals surface area contributed by atoms with Crippen molar-refractivity contribution >= 4 is 28.1 Å². The van der Waals surface area contributed by atoms with E-state index < -0.39 is 15.6 Å². The minimum atomic E-state index is -4.01. The van der Waals surface area contributed by atoms with Gasteiger partial charge in [-0.2, -0.15) is 4.68 Å². The van der Waals surface area contributed by atoms with Crippen molar-refractivity contribution in [2.75, 3.05) is 18.0 Å². The maximum Gasteiger partial charge on any atom is 0.276 e. The molecule has 3 heterocycles. The minimum Gasteiger partial charge on any atom is -0.495 e. The van der Waals surface area contributed by atoms with Gasteiger partial charge in [0.25, 0.3) is 15.6 Å². The fourth-order valence-electron chi connectivity index (χ4n) is 3.80. The van der Waals surface area contributed by atoms with Gasteiger partial charge in [-0.15, -0.1) is 12.4 Å². The standard InChI is InChI=1S/C24H25N5O4S.ClH/c1-4-28(18-10-6-5-7-11-18)34(31,32)22-13-9-15-26-23(22)29-24(30)19(17(2)27-29)16-20-21(33-3)12-8-14-25-20;/h5-15,27H,4,16H2,1-3H3;1H. The number of nitrogens with one attached hydrogen (secondary N) is 1. The second kappa shape index (κ2) is 10.7. The number of hydrogen-bond donors (Lipinski definition) is 1. The van der Waals surface area contributed by atoms with Crippen molar-refractivity contribution in [2.24, 2.45) is 0 Å². The first kappa shape index (κ1) is 26.0. The molecule has 0 spiro atoms. The Balaban J connectivity index is 0.00000342.